The Morgan fingerprint density at radius 3 is 2.94 bits per heavy atom. The number of amides is 1. The molecule has 1 atom stereocenters. The van der Waals surface area contributed by atoms with E-state index >= 15 is 0 Å². The van der Waals surface area contributed by atoms with Gasteiger partial charge in [-0.25, -0.2) is 8.81 Å². The molecule has 0 radical (unpaired) electrons. The molecule has 1 amide bonds. The van der Waals surface area contributed by atoms with E-state index in [9.17, 15) is 14.0 Å². The van der Waals surface area contributed by atoms with Gasteiger partial charge in [0.25, 0.3) is 5.91 Å². The summed E-state index contributed by atoms with van der Waals surface area (Å²) in [7, 11) is 0. The average molecular weight is 287 g/mol. The first kappa shape index (κ1) is 12.9. The zero-order valence-corrected chi connectivity index (χ0v) is 10.5. The third kappa shape index (κ3) is 2.65. The monoisotopic (exact) mass is 286 g/mol. The Morgan fingerprint density at radius 1 is 1.56 bits per heavy atom. The zero-order chi connectivity index (χ0) is 13.1. The van der Waals surface area contributed by atoms with Crippen LogP contribution in [0.1, 0.15) is 10.4 Å². The van der Waals surface area contributed by atoms with Crippen LogP contribution in [0.2, 0.25) is 0 Å². The van der Waals surface area contributed by atoms with Gasteiger partial charge in [0.05, 0.1) is 0 Å². The van der Waals surface area contributed by atoms with Crippen LogP contribution in [-0.2, 0) is 4.79 Å². The second kappa shape index (κ2) is 5.41. The van der Waals surface area contributed by atoms with E-state index in [1.165, 1.54) is 35.4 Å². The third-order valence-electron chi connectivity index (χ3n) is 2.23. The van der Waals surface area contributed by atoms with E-state index in [0.29, 0.717) is 6.29 Å². The van der Waals surface area contributed by atoms with Crippen LogP contribution in [0.15, 0.2) is 35.4 Å². The number of carbonyl (C=O) groups excluding carboxylic acids is 2. The Bertz CT molecular complexity index is 524. The van der Waals surface area contributed by atoms with Crippen molar-refractivity contribution in [3.8, 4) is 0 Å². The lowest BCUT2D eigenvalue weighted by atomic mass is 10.2. The Morgan fingerprint density at radius 2 is 2.33 bits per heavy atom. The van der Waals surface area contributed by atoms with Gasteiger partial charge in [-0.3, -0.25) is 9.59 Å². The zero-order valence-electron chi connectivity index (χ0n) is 8.97. The maximum atomic E-state index is 13.0. The van der Waals surface area contributed by atoms with Crippen molar-refractivity contribution in [3.05, 3.63) is 46.8 Å². The first-order chi connectivity index (χ1) is 8.61. The molecule has 94 valence electrons. The molecule has 1 heterocycles. The molecule has 4 nitrogen and oxygen atoms in total. The van der Waals surface area contributed by atoms with Crippen LogP contribution < -0.4 is 5.32 Å². The fraction of sp³-hybridized carbons (Fsp3) is 0.0909. The quantitative estimate of drug-likeness (QED) is 0.683. The Kier molecular flexibility index (Phi) is 3.88. The molecule has 0 saturated heterocycles. The molecule has 0 saturated carbocycles. The number of hydrogen-bond acceptors (Lipinski definition) is 4. The minimum atomic E-state index is -0.581. The summed E-state index contributed by atoms with van der Waals surface area (Å²) in [6.45, 7) is 0. The largest absolute Gasteiger partial charge is 0.322 e. The lowest BCUT2D eigenvalue weighted by Gasteiger charge is -2.19. The number of nitrogens with one attached hydrogen (secondary N) is 1. The van der Waals surface area contributed by atoms with Crippen LogP contribution >= 0.6 is 23.5 Å². The van der Waals surface area contributed by atoms with Crippen molar-refractivity contribution < 1.29 is 14.0 Å². The van der Waals surface area contributed by atoms with E-state index in [0.717, 1.165) is 10.5 Å². The molecule has 1 aromatic carbocycles. The van der Waals surface area contributed by atoms with Crippen LogP contribution in [0, 0.1) is 5.82 Å². The number of benzene rings is 1. The van der Waals surface area contributed by atoms with Gasteiger partial charge >= 0.3 is 0 Å². The number of hydrogen-bond donors (Lipinski definition) is 1. The number of rotatable bonds is 3. The van der Waals surface area contributed by atoms with E-state index in [4.69, 9.17) is 11.8 Å². The van der Waals surface area contributed by atoms with Crippen LogP contribution in [0.3, 0.4) is 0 Å². The Hall–Kier alpha value is -1.53. The van der Waals surface area contributed by atoms with E-state index < -0.39 is 17.2 Å². The highest BCUT2D eigenvalue weighted by Gasteiger charge is 2.27. The summed E-state index contributed by atoms with van der Waals surface area (Å²) in [4.78, 5) is 22.4. The predicted octanol–water partition coefficient (Wildman–Crippen LogP) is 2.08. The molecule has 18 heavy (non-hydrogen) atoms. The summed E-state index contributed by atoms with van der Waals surface area (Å²) in [6.07, 6.45) is 0.592. The molecule has 1 aliphatic rings. The number of carbonyl (C=O) groups is 2. The topological polar surface area (TPSA) is 49.4 Å². The minimum absolute atomic E-state index is 0.195. The third-order valence-corrected chi connectivity index (χ3v) is 3.70. The maximum absolute atomic E-state index is 13.0. The molecule has 0 aromatic heterocycles. The van der Waals surface area contributed by atoms with Gasteiger partial charge < -0.3 is 5.32 Å². The highest BCUT2D eigenvalue weighted by atomic mass is 35.5. The van der Waals surface area contributed by atoms with Crippen molar-refractivity contribution in [2.24, 2.45) is 0 Å². The summed E-state index contributed by atoms with van der Waals surface area (Å²) in [6, 6.07) is 5.31. The summed E-state index contributed by atoms with van der Waals surface area (Å²) in [5.74, 6) is -0.950. The SMILES string of the molecule is O=CC1=CSC(NC(=O)c2cccc(F)c2)N1Cl. The normalized spacial score (nSPS) is 18.4. The average Bonchev–Trinajstić information content (AvgIpc) is 2.70. The minimum Gasteiger partial charge on any atom is -0.322 e. The van der Waals surface area contributed by atoms with Crippen LogP contribution in [0.5, 0.6) is 0 Å². The molecule has 0 fully saturated rings. The van der Waals surface area contributed by atoms with Gasteiger partial charge in [0.15, 0.2) is 11.8 Å². The highest BCUT2D eigenvalue weighted by molar-refractivity contribution is 8.03. The lowest BCUT2D eigenvalue weighted by molar-refractivity contribution is -0.105. The molecular weight excluding hydrogens is 279 g/mol. The summed E-state index contributed by atoms with van der Waals surface area (Å²) in [5, 5.41) is 4.12. The molecule has 0 bridgehead atoms. The van der Waals surface area contributed by atoms with E-state index in [1.807, 2.05) is 0 Å². The van der Waals surface area contributed by atoms with Crippen molar-refractivity contribution in [2.45, 2.75) is 5.50 Å². The van der Waals surface area contributed by atoms with E-state index in [1.54, 1.807) is 0 Å². The Balaban J connectivity index is 2.03. The van der Waals surface area contributed by atoms with Crippen LogP contribution in [0.4, 0.5) is 4.39 Å². The predicted molar refractivity (Wildman–Crippen MR) is 67.1 cm³/mol. The molecule has 7 heteroatoms. The van der Waals surface area contributed by atoms with Gasteiger partial charge in [-0.15, -0.1) is 0 Å². The molecule has 0 aliphatic carbocycles. The molecule has 1 aliphatic heterocycles. The van der Waals surface area contributed by atoms with Gasteiger partial charge in [-0.2, -0.15) is 0 Å². The first-order valence-corrected chi connectivity index (χ1v) is 6.22. The second-order valence-electron chi connectivity index (χ2n) is 3.44. The number of allylic oxidation sites excluding steroid dienone is 1. The maximum Gasteiger partial charge on any atom is 0.253 e. The number of nitrogens with zero attached hydrogens (tertiary/aromatic N) is 1. The first-order valence-electron chi connectivity index (χ1n) is 4.94. The summed E-state index contributed by atoms with van der Waals surface area (Å²) in [5.41, 5.74) is -0.117. The summed E-state index contributed by atoms with van der Waals surface area (Å²) >= 11 is 7.02. The van der Waals surface area contributed by atoms with E-state index in [2.05, 4.69) is 5.32 Å². The smallest absolute Gasteiger partial charge is 0.253 e. The van der Waals surface area contributed by atoms with Crippen molar-refractivity contribution in [1.82, 2.24) is 9.74 Å². The molecule has 2 rings (SSSR count). The van der Waals surface area contributed by atoms with Crippen molar-refractivity contribution in [2.75, 3.05) is 0 Å². The molecule has 1 N–H and O–H groups in total. The van der Waals surface area contributed by atoms with Gasteiger partial charge in [0.1, 0.15) is 11.5 Å². The van der Waals surface area contributed by atoms with Crippen molar-refractivity contribution in [1.29, 1.82) is 0 Å². The standard InChI is InChI=1S/C11H8ClFN2O2S/c12-15-9(5-16)6-18-11(15)14-10(17)7-2-1-3-8(13)4-7/h1-6,11H,(H,14,17). The number of halogens is 2. The molecule has 0 spiro atoms. The van der Waals surface area contributed by atoms with Gasteiger partial charge in [-0.05, 0) is 18.2 Å². The molecule has 1 unspecified atom stereocenters. The summed E-state index contributed by atoms with van der Waals surface area (Å²) < 4.78 is 14.1. The van der Waals surface area contributed by atoms with Crippen molar-refractivity contribution in [3.63, 3.8) is 0 Å². The lowest BCUT2D eigenvalue weighted by Crippen LogP contribution is -2.39. The molecular formula is C11H8ClFN2O2S. The fourth-order valence-corrected chi connectivity index (χ4v) is 2.54. The highest BCUT2D eigenvalue weighted by Crippen LogP contribution is 2.29. The van der Waals surface area contributed by atoms with Gasteiger partial charge in [0, 0.05) is 22.7 Å². The Labute approximate surface area is 112 Å². The number of thioether (sulfide) groups is 1. The van der Waals surface area contributed by atoms with Gasteiger partial charge in [-0.1, -0.05) is 17.8 Å². The fourth-order valence-electron chi connectivity index (χ4n) is 1.37. The van der Waals surface area contributed by atoms with Gasteiger partial charge in [0.2, 0.25) is 0 Å². The van der Waals surface area contributed by atoms with Crippen LogP contribution in [0.25, 0.3) is 0 Å². The van der Waals surface area contributed by atoms with Crippen LogP contribution in [-0.4, -0.2) is 22.1 Å². The van der Waals surface area contributed by atoms with E-state index in [-0.39, 0.29) is 11.3 Å². The van der Waals surface area contributed by atoms with Crippen molar-refractivity contribution >= 4 is 35.7 Å². The number of aldehydes is 1. The molecule has 1 aromatic rings. The second-order valence-corrected chi connectivity index (χ2v) is 4.76.